The molecule has 2 fully saturated rings. The normalized spacial score (nSPS) is 35.9. The molecule has 0 aromatic heterocycles. The maximum absolute atomic E-state index is 6.33. The Balaban J connectivity index is 2.09. The first kappa shape index (κ1) is 17.3. The van der Waals surface area contributed by atoms with Crippen molar-refractivity contribution in [3.63, 3.8) is 0 Å². The van der Waals surface area contributed by atoms with Gasteiger partial charge in [0.1, 0.15) is 0 Å². The summed E-state index contributed by atoms with van der Waals surface area (Å²) in [5, 5.41) is 0. The quantitative estimate of drug-likeness (QED) is 0.823. The second kappa shape index (κ2) is 5.85. The van der Waals surface area contributed by atoms with E-state index < -0.39 is 0 Å². The molecule has 0 bridgehead atoms. The van der Waals surface area contributed by atoms with Gasteiger partial charge in [0, 0.05) is 12.1 Å². The number of hydrogen-bond donors (Lipinski definition) is 1. The average molecular weight is 295 g/mol. The first-order chi connectivity index (χ1) is 9.58. The molecular weight excluding hydrogens is 256 g/mol. The highest BCUT2D eigenvalue weighted by atomic mass is 15.2. The van der Waals surface area contributed by atoms with Gasteiger partial charge in [0.15, 0.2) is 0 Å². The van der Waals surface area contributed by atoms with Crippen LogP contribution in [0.25, 0.3) is 0 Å². The highest BCUT2D eigenvalue weighted by Gasteiger charge is 2.46. The number of piperidine rings is 1. The van der Waals surface area contributed by atoms with Crippen molar-refractivity contribution in [2.45, 2.75) is 79.2 Å². The third-order valence-corrected chi connectivity index (χ3v) is 6.21. The molecule has 2 N–H and O–H groups in total. The lowest BCUT2D eigenvalue weighted by Gasteiger charge is -2.55. The van der Waals surface area contributed by atoms with Gasteiger partial charge in [-0.3, -0.25) is 4.90 Å². The van der Waals surface area contributed by atoms with Gasteiger partial charge in [0.2, 0.25) is 0 Å². The van der Waals surface area contributed by atoms with E-state index in [4.69, 9.17) is 5.73 Å². The maximum atomic E-state index is 6.33. The lowest BCUT2D eigenvalue weighted by atomic mass is 9.63. The average Bonchev–Trinajstić information content (AvgIpc) is 2.35. The van der Waals surface area contributed by atoms with Crippen LogP contribution in [-0.4, -0.2) is 30.1 Å². The molecule has 0 spiro atoms. The van der Waals surface area contributed by atoms with E-state index in [1.54, 1.807) is 0 Å². The van der Waals surface area contributed by atoms with E-state index in [9.17, 15) is 0 Å². The standard InChI is InChI=1S/C19H38N2/c1-15-11-18(5,6)13-19(12-15,14-20)21-9-7-16(8-10-21)17(2,3)4/h15-16H,7-14,20H2,1-6H3. The molecular formula is C19H38N2. The van der Waals surface area contributed by atoms with Crippen LogP contribution in [0.15, 0.2) is 0 Å². The van der Waals surface area contributed by atoms with Crippen LogP contribution in [0.2, 0.25) is 0 Å². The highest BCUT2D eigenvalue weighted by molar-refractivity contribution is 5.02. The topological polar surface area (TPSA) is 29.3 Å². The molecule has 1 saturated carbocycles. The lowest BCUT2D eigenvalue weighted by Crippen LogP contribution is -2.61. The summed E-state index contributed by atoms with van der Waals surface area (Å²) in [4.78, 5) is 2.77. The number of nitrogens with zero attached hydrogens (tertiary/aromatic N) is 1. The predicted octanol–water partition coefficient (Wildman–Crippen LogP) is 4.29. The van der Waals surface area contributed by atoms with Gasteiger partial charge < -0.3 is 5.73 Å². The predicted molar refractivity (Wildman–Crippen MR) is 92.3 cm³/mol. The number of likely N-dealkylation sites (tertiary alicyclic amines) is 1. The Bertz CT molecular complexity index is 347. The minimum absolute atomic E-state index is 0.268. The minimum atomic E-state index is 0.268. The van der Waals surface area contributed by atoms with E-state index in [-0.39, 0.29) is 5.54 Å². The van der Waals surface area contributed by atoms with Gasteiger partial charge in [-0.1, -0.05) is 41.5 Å². The summed E-state index contributed by atoms with van der Waals surface area (Å²) >= 11 is 0. The molecule has 2 rings (SSSR count). The van der Waals surface area contributed by atoms with Crippen LogP contribution < -0.4 is 5.73 Å². The van der Waals surface area contributed by atoms with Crippen molar-refractivity contribution < 1.29 is 0 Å². The molecule has 2 aliphatic rings. The first-order valence-electron chi connectivity index (χ1n) is 9.03. The van der Waals surface area contributed by atoms with Crippen LogP contribution in [0.3, 0.4) is 0 Å². The Labute approximate surface area is 132 Å². The number of rotatable bonds is 2. The monoisotopic (exact) mass is 294 g/mol. The smallest absolute Gasteiger partial charge is 0.0339 e. The molecule has 0 radical (unpaired) electrons. The fourth-order valence-electron chi connectivity index (χ4n) is 5.44. The molecule has 1 aliphatic carbocycles. The Hall–Kier alpha value is -0.0800. The summed E-state index contributed by atoms with van der Waals surface area (Å²) < 4.78 is 0. The van der Waals surface area contributed by atoms with E-state index in [0.717, 1.165) is 18.4 Å². The molecule has 2 heteroatoms. The van der Waals surface area contributed by atoms with E-state index >= 15 is 0 Å². The van der Waals surface area contributed by atoms with E-state index in [0.29, 0.717) is 10.8 Å². The fourth-order valence-corrected chi connectivity index (χ4v) is 5.44. The van der Waals surface area contributed by atoms with Gasteiger partial charge in [-0.05, 0) is 67.9 Å². The molecule has 1 saturated heterocycles. The zero-order valence-corrected chi connectivity index (χ0v) is 15.3. The van der Waals surface area contributed by atoms with Crippen molar-refractivity contribution in [3.05, 3.63) is 0 Å². The summed E-state index contributed by atoms with van der Waals surface area (Å²) in [6.45, 7) is 17.8. The summed E-state index contributed by atoms with van der Waals surface area (Å²) in [6.07, 6.45) is 6.63. The molecule has 124 valence electrons. The lowest BCUT2D eigenvalue weighted by molar-refractivity contribution is -0.0378. The van der Waals surface area contributed by atoms with Crippen LogP contribution in [0.1, 0.15) is 73.6 Å². The molecule has 1 aliphatic heterocycles. The summed E-state index contributed by atoms with van der Waals surface area (Å²) in [5.74, 6) is 1.68. The van der Waals surface area contributed by atoms with Crippen LogP contribution in [0, 0.1) is 22.7 Å². The van der Waals surface area contributed by atoms with E-state index in [1.807, 2.05) is 0 Å². The van der Waals surface area contributed by atoms with E-state index in [1.165, 1.54) is 45.2 Å². The van der Waals surface area contributed by atoms with Crippen LogP contribution >= 0.6 is 0 Å². The van der Waals surface area contributed by atoms with Gasteiger partial charge >= 0.3 is 0 Å². The highest BCUT2D eigenvalue weighted by Crippen LogP contribution is 2.47. The number of nitrogens with two attached hydrogens (primary N) is 1. The van der Waals surface area contributed by atoms with Gasteiger partial charge in [-0.2, -0.15) is 0 Å². The summed E-state index contributed by atoms with van der Waals surface area (Å²) in [5.41, 5.74) is 7.50. The zero-order valence-electron chi connectivity index (χ0n) is 15.3. The van der Waals surface area contributed by atoms with Gasteiger partial charge in [-0.15, -0.1) is 0 Å². The van der Waals surface area contributed by atoms with Crippen molar-refractivity contribution >= 4 is 0 Å². The Morgan fingerprint density at radius 1 is 1.10 bits per heavy atom. The minimum Gasteiger partial charge on any atom is -0.329 e. The second-order valence-corrected chi connectivity index (χ2v) is 9.91. The van der Waals surface area contributed by atoms with Crippen molar-refractivity contribution in [1.82, 2.24) is 4.90 Å². The molecule has 0 amide bonds. The Morgan fingerprint density at radius 3 is 2.10 bits per heavy atom. The third kappa shape index (κ3) is 3.82. The Kier molecular flexibility index (Phi) is 4.81. The molecule has 21 heavy (non-hydrogen) atoms. The first-order valence-corrected chi connectivity index (χ1v) is 9.03. The SMILES string of the molecule is CC1CC(C)(C)CC(CN)(N2CCC(C(C)(C)C)CC2)C1. The fraction of sp³-hybridized carbons (Fsp3) is 1.00. The van der Waals surface area contributed by atoms with Crippen LogP contribution in [-0.2, 0) is 0 Å². The van der Waals surface area contributed by atoms with E-state index in [2.05, 4.69) is 46.4 Å². The largest absolute Gasteiger partial charge is 0.329 e. The third-order valence-electron chi connectivity index (χ3n) is 6.21. The maximum Gasteiger partial charge on any atom is 0.0339 e. The van der Waals surface area contributed by atoms with Crippen LogP contribution in [0.5, 0.6) is 0 Å². The van der Waals surface area contributed by atoms with Gasteiger partial charge in [0.05, 0.1) is 0 Å². The van der Waals surface area contributed by atoms with Crippen molar-refractivity contribution in [2.24, 2.45) is 28.4 Å². The molecule has 2 atom stereocenters. The zero-order chi connectivity index (χ0) is 15.9. The number of hydrogen-bond acceptors (Lipinski definition) is 2. The molecule has 2 nitrogen and oxygen atoms in total. The van der Waals surface area contributed by atoms with Crippen molar-refractivity contribution in [1.29, 1.82) is 0 Å². The summed E-state index contributed by atoms with van der Waals surface area (Å²) in [6, 6.07) is 0. The van der Waals surface area contributed by atoms with Crippen molar-refractivity contribution in [3.8, 4) is 0 Å². The van der Waals surface area contributed by atoms with Gasteiger partial charge in [-0.25, -0.2) is 0 Å². The molecule has 1 heterocycles. The van der Waals surface area contributed by atoms with Crippen molar-refractivity contribution in [2.75, 3.05) is 19.6 Å². The molecule has 0 aromatic rings. The van der Waals surface area contributed by atoms with Gasteiger partial charge in [0.25, 0.3) is 0 Å². The second-order valence-electron chi connectivity index (χ2n) is 9.91. The summed E-state index contributed by atoms with van der Waals surface area (Å²) in [7, 11) is 0. The molecule has 2 unspecified atom stereocenters. The Morgan fingerprint density at radius 2 is 1.67 bits per heavy atom. The van der Waals surface area contributed by atoms with Crippen LogP contribution in [0.4, 0.5) is 0 Å². The molecule has 0 aromatic carbocycles.